The van der Waals surface area contributed by atoms with Gasteiger partial charge in [0.25, 0.3) is 0 Å². The molecule has 0 amide bonds. The number of rotatable bonds is 7. The van der Waals surface area contributed by atoms with E-state index >= 15 is 0 Å². The van der Waals surface area contributed by atoms with Crippen molar-refractivity contribution in [2.45, 2.75) is 52.0 Å². The monoisotopic (exact) mass is 262 g/mol. The summed E-state index contributed by atoms with van der Waals surface area (Å²) in [5.74, 6) is 0.660. The summed E-state index contributed by atoms with van der Waals surface area (Å²) < 4.78 is 0. The molecule has 0 aliphatic rings. The van der Waals surface area contributed by atoms with Crippen molar-refractivity contribution in [3.63, 3.8) is 0 Å². The Hall–Kier alpha value is -0.860. The fourth-order valence-corrected chi connectivity index (χ4v) is 2.00. The zero-order chi connectivity index (χ0) is 14.5. The molecule has 2 N–H and O–H groups in total. The Labute approximate surface area is 119 Å². The smallest absolute Gasteiger partial charge is 0.0272 e. The molecule has 108 valence electrons. The molecule has 0 saturated carbocycles. The van der Waals surface area contributed by atoms with Crippen molar-refractivity contribution in [2.24, 2.45) is 5.73 Å². The molecule has 0 fully saturated rings. The fourth-order valence-electron chi connectivity index (χ4n) is 2.00. The number of hydrogen-bond acceptors (Lipinski definition) is 2. The summed E-state index contributed by atoms with van der Waals surface area (Å²) in [6.45, 7) is 10.6. The summed E-state index contributed by atoms with van der Waals surface area (Å²) in [6.07, 6.45) is 2.29. The molecular formula is C17H30N2. The molecular weight excluding hydrogens is 232 g/mol. The molecule has 2 nitrogen and oxygen atoms in total. The van der Waals surface area contributed by atoms with Gasteiger partial charge in [0.2, 0.25) is 0 Å². The highest BCUT2D eigenvalue weighted by atomic mass is 15.2. The summed E-state index contributed by atoms with van der Waals surface area (Å²) in [6, 6.07) is 9.09. The average molecular weight is 262 g/mol. The van der Waals surface area contributed by atoms with Gasteiger partial charge >= 0.3 is 0 Å². The SMILES string of the molecule is CCC(C)c1ccc(CCN(C)C(C)(C)CN)cc1. The number of benzene rings is 1. The molecule has 1 atom stereocenters. The lowest BCUT2D eigenvalue weighted by Gasteiger charge is -2.34. The van der Waals surface area contributed by atoms with E-state index in [1.54, 1.807) is 0 Å². The van der Waals surface area contributed by atoms with E-state index in [1.807, 2.05) is 0 Å². The van der Waals surface area contributed by atoms with Crippen molar-refractivity contribution in [1.82, 2.24) is 4.90 Å². The Kier molecular flexibility index (Phi) is 6.02. The van der Waals surface area contributed by atoms with Gasteiger partial charge in [0, 0.05) is 18.6 Å². The van der Waals surface area contributed by atoms with Crippen LogP contribution in [0.2, 0.25) is 0 Å². The summed E-state index contributed by atoms with van der Waals surface area (Å²) in [5, 5.41) is 0. The quantitative estimate of drug-likeness (QED) is 0.816. The van der Waals surface area contributed by atoms with E-state index in [-0.39, 0.29) is 5.54 Å². The predicted octanol–water partition coefficient (Wildman–Crippen LogP) is 3.41. The molecule has 0 spiro atoms. The van der Waals surface area contributed by atoms with Crippen molar-refractivity contribution in [3.8, 4) is 0 Å². The lowest BCUT2D eigenvalue weighted by molar-refractivity contribution is 0.166. The maximum absolute atomic E-state index is 5.80. The van der Waals surface area contributed by atoms with Crippen LogP contribution in [0.3, 0.4) is 0 Å². The topological polar surface area (TPSA) is 29.3 Å². The Balaban J connectivity index is 2.55. The van der Waals surface area contributed by atoms with Crippen molar-refractivity contribution in [1.29, 1.82) is 0 Å². The van der Waals surface area contributed by atoms with E-state index in [2.05, 4.69) is 63.9 Å². The van der Waals surface area contributed by atoms with Crippen LogP contribution in [0.4, 0.5) is 0 Å². The van der Waals surface area contributed by atoms with Gasteiger partial charge in [-0.15, -0.1) is 0 Å². The van der Waals surface area contributed by atoms with Crippen LogP contribution >= 0.6 is 0 Å². The zero-order valence-electron chi connectivity index (χ0n) is 13.2. The van der Waals surface area contributed by atoms with Gasteiger partial charge in [0.15, 0.2) is 0 Å². The van der Waals surface area contributed by atoms with Gasteiger partial charge in [-0.1, -0.05) is 38.1 Å². The maximum Gasteiger partial charge on any atom is 0.0272 e. The Bertz CT molecular complexity index is 367. The Morgan fingerprint density at radius 2 is 1.79 bits per heavy atom. The first-order valence-electron chi connectivity index (χ1n) is 7.41. The Morgan fingerprint density at radius 3 is 2.26 bits per heavy atom. The molecule has 19 heavy (non-hydrogen) atoms. The lowest BCUT2D eigenvalue weighted by Crippen LogP contribution is -2.47. The summed E-state index contributed by atoms with van der Waals surface area (Å²) in [5.41, 5.74) is 8.74. The second-order valence-corrected chi connectivity index (χ2v) is 6.24. The average Bonchev–Trinajstić information content (AvgIpc) is 2.44. The molecule has 0 radical (unpaired) electrons. The first-order valence-corrected chi connectivity index (χ1v) is 7.41. The third-order valence-corrected chi connectivity index (χ3v) is 4.43. The fraction of sp³-hybridized carbons (Fsp3) is 0.647. The highest BCUT2D eigenvalue weighted by Gasteiger charge is 2.20. The second-order valence-electron chi connectivity index (χ2n) is 6.24. The van der Waals surface area contributed by atoms with Gasteiger partial charge in [-0.3, -0.25) is 4.90 Å². The summed E-state index contributed by atoms with van der Waals surface area (Å²) in [7, 11) is 2.15. The minimum Gasteiger partial charge on any atom is -0.329 e. The molecule has 0 aliphatic carbocycles. The number of hydrogen-bond donors (Lipinski definition) is 1. The molecule has 0 aliphatic heterocycles. The highest BCUT2D eigenvalue weighted by Crippen LogP contribution is 2.19. The second kappa shape index (κ2) is 7.06. The van der Waals surface area contributed by atoms with Gasteiger partial charge in [-0.05, 0) is 50.8 Å². The minimum absolute atomic E-state index is 0.0800. The molecule has 1 aromatic carbocycles. The molecule has 1 rings (SSSR count). The van der Waals surface area contributed by atoms with Crippen molar-refractivity contribution >= 4 is 0 Å². The first kappa shape index (κ1) is 16.2. The molecule has 0 heterocycles. The van der Waals surface area contributed by atoms with Crippen LogP contribution in [-0.2, 0) is 6.42 Å². The lowest BCUT2D eigenvalue weighted by atomic mass is 9.97. The van der Waals surface area contributed by atoms with Crippen molar-refractivity contribution in [3.05, 3.63) is 35.4 Å². The van der Waals surface area contributed by atoms with Crippen LogP contribution in [0.5, 0.6) is 0 Å². The van der Waals surface area contributed by atoms with Gasteiger partial charge < -0.3 is 5.73 Å². The van der Waals surface area contributed by atoms with Gasteiger partial charge in [0.05, 0.1) is 0 Å². The van der Waals surface area contributed by atoms with E-state index in [1.165, 1.54) is 17.5 Å². The van der Waals surface area contributed by atoms with E-state index < -0.39 is 0 Å². The van der Waals surface area contributed by atoms with E-state index in [0.29, 0.717) is 12.5 Å². The zero-order valence-corrected chi connectivity index (χ0v) is 13.2. The van der Waals surface area contributed by atoms with Crippen LogP contribution < -0.4 is 5.73 Å². The molecule has 2 heteroatoms. The van der Waals surface area contributed by atoms with E-state index in [9.17, 15) is 0 Å². The van der Waals surface area contributed by atoms with Crippen LogP contribution in [0.25, 0.3) is 0 Å². The molecule has 0 saturated heterocycles. The molecule has 1 unspecified atom stereocenters. The third kappa shape index (κ3) is 4.63. The predicted molar refractivity (Wildman–Crippen MR) is 84.6 cm³/mol. The van der Waals surface area contributed by atoms with Gasteiger partial charge in [-0.25, -0.2) is 0 Å². The van der Waals surface area contributed by atoms with Crippen LogP contribution in [0.15, 0.2) is 24.3 Å². The normalized spacial score (nSPS) is 13.8. The minimum atomic E-state index is 0.0800. The Morgan fingerprint density at radius 1 is 1.21 bits per heavy atom. The molecule has 1 aromatic rings. The van der Waals surface area contributed by atoms with Gasteiger partial charge in [0.1, 0.15) is 0 Å². The van der Waals surface area contributed by atoms with Crippen LogP contribution in [0.1, 0.15) is 51.2 Å². The standard InChI is InChI=1S/C17H30N2/c1-6-14(2)16-9-7-15(8-10-16)11-12-19(5)17(3,4)13-18/h7-10,14H,6,11-13,18H2,1-5H3. The van der Waals surface area contributed by atoms with Crippen molar-refractivity contribution in [2.75, 3.05) is 20.1 Å². The highest BCUT2D eigenvalue weighted by molar-refractivity contribution is 5.25. The largest absolute Gasteiger partial charge is 0.329 e. The maximum atomic E-state index is 5.80. The number of nitrogens with two attached hydrogens (primary N) is 1. The first-order chi connectivity index (χ1) is 8.90. The number of nitrogens with zero attached hydrogens (tertiary/aromatic N) is 1. The van der Waals surface area contributed by atoms with Gasteiger partial charge in [-0.2, -0.15) is 0 Å². The summed E-state index contributed by atoms with van der Waals surface area (Å²) in [4.78, 5) is 2.34. The van der Waals surface area contributed by atoms with E-state index in [0.717, 1.165) is 13.0 Å². The molecule has 0 bridgehead atoms. The van der Waals surface area contributed by atoms with Crippen molar-refractivity contribution < 1.29 is 0 Å². The molecule has 0 aromatic heterocycles. The van der Waals surface area contributed by atoms with Crippen LogP contribution in [0, 0.1) is 0 Å². The summed E-state index contributed by atoms with van der Waals surface area (Å²) >= 11 is 0. The third-order valence-electron chi connectivity index (χ3n) is 4.43. The number of likely N-dealkylation sites (N-methyl/N-ethyl adjacent to an activating group) is 1. The van der Waals surface area contributed by atoms with E-state index in [4.69, 9.17) is 5.73 Å². The van der Waals surface area contributed by atoms with Crippen LogP contribution in [-0.4, -0.2) is 30.6 Å².